The van der Waals surface area contributed by atoms with E-state index in [4.69, 9.17) is 21.1 Å². The van der Waals surface area contributed by atoms with Crippen molar-refractivity contribution in [2.75, 3.05) is 26.3 Å². The summed E-state index contributed by atoms with van der Waals surface area (Å²) in [6, 6.07) is 5.42. The molecular weight excluding hydrogens is 292 g/mol. The quantitative estimate of drug-likeness (QED) is 0.912. The van der Waals surface area contributed by atoms with Gasteiger partial charge in [0.1, 0.15) is 12.4 Å². The normalized spacial score (nSPS) is 21.4. The molecule has 0 spiro atoms. The van der Waals surface area contributed by atoms with Crippen LogP contribution in [-0.4, -0.2) is 43.3 Å². The van der Waals surface area contributed by atoms with Crippen molar-refractivity contribution >= 4 is 17.6 Å². The highest BCUT2D eigenvalue weighted by molar-refractivity contribution is 6.30. The molecule has 2 heterocycles. The van der Waals surface area contributed by atoms with E-state index in [2.05, 4.69) is 5.32 Å². The van der Waals surface area contributed by atoms with E-state index in [1.807, 2.05) is 12.1 Å². The molecule has 1 saturated heterocycles. The van der Waals surface area contributed by atoms with Crippen molar-refractivity contribution < 1.29 is 14.3 Å². The maximum absolute atomic E-state index is 12.3. The second kappa shape index (κ2) is 6.54. The van der Waals surface area contributed by atoms with Gasteiger partial charge in [-0.1, -0.05) is 11.6 Å². The first-order chi connectivity index (χ1) is 10.2. The number of urea groups is 1. The van der Waals surface area contributed by atoms with Crippen molar-refractivity contribution in [3.63, 3.8) is 0 Å². The van der Waals surface area contributed by atoms with Crippen LogP contribution in [0.4, 0.5) is 4.79 Å². The van der Waals surface area contributed by atoms with Gasteiger partial charge in [-0.05, 0) is 31.0 Å². The molecule has 0 aromatic heterocycles. The summed E-state index contributed by atoms with van der Waals surface area (Å²) in [7, 11) is 0. The molecule has 0 unspecified atom stereocenters. The Hall–Kier alpha value is -1.46. The molecule has 0 radical (unpaired) electrons. The van der Waals surface area contributed by atoms with Gasteiger partial charge in [-0.2, -0.15) is 0 Å². The molecule has 0 aliphatic carbocycles. The zero-order valence-electron chi connectivity index (χ0n) is 11.8. The van der Waals surface area contributed by atoms with Crippen molar-refractivity contribution in [2.45, 2.75) is 25.5 Å². The molecule has 2 aliphatic rings. The summed E-state index contributed by atoms with van der Waals surface area (Å²) in [5, 5.41) is 3.59. The Bertz CT molecular complexity index is 518. The second-order valence-corrected chi connectivity index (χ2v) is 5.78. The molecule has 21 heavy (non-hydrogen) atoms. The van der Waals surface area contributed by atoms with Crippen LogP contribution in [0.3, 0.4) is 0 Å². The third-order valence-electron chi connectivity index (χ3n) is 3.79. The fourth-order valence-corrected chi connectivity index (χ4v) is 2.85. The predicted octanol–water partition coefficient (Wildman–Crippen LogP) is 2.42. The minimum absolute atomic E-state index is 0.0816. The van der Waals surface area contributed by atoms with Gasteiger partial charge in [0, 0.05) is 23.7 Å². The third-order valence-corrected chi connectivity index (χ3v) is 4.03. The number of benzene rings is 1. The van der Waals surface area contributed by atoms with Crippen molar-refractivity contribution in [2.24, 2.45) is 0 Å². The summed E-state index contributed by atoms with van der Waals surface area (Å²) in [6.07, 6.45) is 2.24. The lowest BCUT2D eigenvalue weighted by molar-refractivity contribution is 0.108. The zero-order valence-corrected chi connectivity index (χ0v) is 12.6. The first-order valence-corrected chi connectivity index (χ1v) is 7.66. The van der Waals surface area contributed by atoms with Crippen LogP contribution in [0.1, 0.15) is 18.4 Å². The molecule has 0 bridgehead atoms. The van der Waals surface area contributed by atoms with E-state index in [1.165, 1.54) is 0 Å². The lowest BCUT2D eigenvalue weighted by Crippen LogP contribution is -2.43. The summed E-state index contributed by atoms with van der Waals surface area (Å²) in [5.41, 5.74) is 0.937. The minimum atomic E-state index is -0.0816. The highest BCUT2D eigenvalue weighted by Crippen LogP contribution is 2.26. The van der Waals surface area contributed by atoms with Crippen LogP contribution < -0.4 is 10.1 Å². The number of ether oxygens (including phenoxy) is 2. The summed E-state index contributed by atoms with van der Waals surface area (Å²) < 4.78 is 11.2. The monoisotopic (exact) mass is 310 g/mol. The van der Waals surface area contributed by atoms with E-state index in [-0.39, 0.29) is 12.1 Å². The number of hydrogen-bond donors (Lipinski definition) is 1. The molecule has 3 rings (SSSR count). The van der Waals surface area contributed by atoms with Crippen molar-refractivity contribution in [3.8, 4) is 5.75 Å². The molecule has 1 N–H and O–H groups in total. The van der Waals surface area contributed by atoms with Gasteiger partial charge in [0.25, 0.3) is 0 Å². The molecule has 1 aromatic carbocycles. The second-order valence-electron chi connectivity index (χ2n) is 5.34. The molecule has 5 nitrogen and oxygen atoms in total. The van der Waals surface area contributed by atoms with Crippen LogP contribution >= 0.6 is 11.6 Å². The molecule has 114 valence electrons. The van der Waals surface area contributed by atoms with E-state index in [9.17, 15) is 4.79 Å². The van der Waals surface area contributed by atoms with E-state index in [0.29, 0.717) is 31.3 Å². The Balaban J connectivity index is 1.61. The molecule has 1 aromatic rings. The Kier molecular flexibility index (Phi) is 4.51. The number of carbonyl (C=O) groups is 1. The first kappa shape index (κ1) is 14.5. The Labute approximate surface area is 129 Å². The maximum Gasteiger partial charge on any atom is 0.317 e. The van der Waals surface area contributed by atoms with Crippen LogP contribution in [0.5, 0.6) is 5.75 Å². The lowest BCUT2D eigenvalue weighted by Gasteiger charge is -2.21. The van der Waals surface area contributed by atoms with Gasteiger partial charge < -0.3 is 19.7 Å². The molecule has 2 amide bonds. The van der Waals surface area contributed by atoms with E-state index < -0.39 is 0 Å². The molecule has 6 heteroatoms. The van der Waals surface area contributed by atoms with Gasteiger partial charge in [0.05, 0.1) is 19.2 Å². The number of halogens is 1. The van der Waals surface area contributed by atoms with Crippen LogP contribution in [0.15, 0.2) is 18.2 Å². The number of nitrogens with zero attached hydrogens (tertiary/aromatic N) is 1. The number of rotatable bonds is 2. The maximum atomic E-state index is 12.3. The standard InChI is InChI=1S/C15H19ClN2O3/c16-12-3-4-14-11(8-12)10-18(5-7-21-14)15(19)17-9-13-2-1-6-20-13/h3-4,8,13H,1-2,5-7,9-10H2,(H,17,19)/t13-/m0/s1. The minimum Gasteiger partial charge on any atom is -0.491 e. The molecule has 0 saturated carbocycles. The average Bonchev–Trinajstić information content (AvgIpc) is 2.90. The van der Waals surface area contributed by atoms with E-state index >= 15 is 0 Å². The number of carbonyl (C=O) groups excluding carboxylic acids is 1. The van der Waals surface area contributed by atoms with Crippen molar-refractivity contribution in [1.82, 2.24) is 10.2 Å². The Morgan fingerprint density at radius 3 is 3.14 bits per heavy atom. The number of amides is 2. The van der Waals surface area contributed by atoms with Crippen molar-refractivity contribution in [1.29, 1.82) is 0 Å². The largest absolute Gasteiger partial charge is 0.491 e. The smallest absolute Gasteiger partial charge is 0.317 e. The number of nitrogens with one attached hydrogen (secondary N) is 1. The van der Waals surface area contributed by atoms with Gasteiger partial charge in [-0.3, -0.25) is 0 Å². The molecule has 1 atom stereocenters. The lowest BCUT2D eigenvalue weighted by atomic mass is 10.2. The van der Waals surface area contributed by atoms with Gasteiger partial charge in [-0.15, -0.1) is 0 Å². The number of fused-ring (bicyclic) bond motifs is 1. The average molecular weight is 311 g/mol. The van der Waals surface area contributed by atoms with Crippen LogP contribution in [0.25, 0.3) is 0 Å². The Morgan fingerprint density at radius 2 is 2.33 bits per heavy atom. The highest BCUT2D eigenvalue weighted by Gasteiger charge is 2.22. The van der Waals surface area contributed by atoms with Gasteiger partial charge >= 0.3 is 6.03 Å². The summed E-state index contributed by atoms with van der Waals surface area (Å²) in [5.74, 6) is 0.800. The Morgan fingerprint density at radius 1 is 1.43 bits per heavy atom. The van der Waals surface area contributed by atoms with E-state index in [1.54, 1.807) is 11.0 Å². The SMILES string of the molecule is O=C(NC[C@@H]1CCCO1)N1CCOc2ccc(Cl)cc2C1. The van der Waals surface area contributed by atoms with Gasteiger partial charge in [0.15, 0.2) is 0 Å². The van der Waals surface area contributed by atoms with E-state index in [0.717, 1.165) is 30.8 Å². The van der Waals surface area contributed by atoms with Crippen LogP contribution in [0.2, 0.25) is 5.02 Å². The number of hydrogen-bond acceptors (Lipinski definition) is 3. The van der Waals surface area contributed by atoms with Gasteiger partial charge in [0.2, 0.25) is 0 Å². The fourth-order valence-electron chi connectivity index (χ4n) is 2.65. The fraction of sp³-hybridized carbons (Fsp3) is 0.533. The highest BCUT2D eigenvalue weighted by atomic mass is 35.5. The zero-order chi connectivity index (χ0) is 14.7. The van der Waals surface area contributed by atoms with Crippen LogP contribution in [0, 0.1) is 0 Å². The third kappa shape index (κ3) is 3.60. The summed E-state index contributed by atoms with van der Waals surface area (Å²) in [6.45, 7) is 2.92. The molecule has 1 fully saturated rings. The first-order valence-electron chi connectivity index (χ1n) is 7.28. The van der Waals surface area contributed by atoms with Gasteiger partial charge in [-0.25, -0.2) is 4.79 Å². The topological polar surface area (TPSA) is 50.8 Å². The summed E-state index contributed by atoms with van der Waals surface area (Å²) in [4.78, 5) is 14.0. The van der Waals surface area contributed by atoms with Crippen molar-refractivity contribution in [3.05, 3.63) is 28.8 Å². The molecule has 2 aliphatic heterocycles. The van der Waals surface area contributed by atoms with Crippen LogP contribution in [-0.2, 0) is 11.3 Å². The molecular formula is C15H19ClN2O3. The summed E-state index contributed by atoms with van der Waals surface area (Å²) >= 11 is 6.01. The predicted molar refractivity (Wildman–Crippen MR) is 79.7 cm³/mol.